The van der Waals surface area contributed by atoms with Crippen molar-refractivity contribution < 1.29 is 9.50 Å². The third kappa shape index (κ3) is 5.80. The maximum atomic E-state index is 13.6. The number of benzene rings is 1. The first kappa shape index (κ1) is 25.7. The molecule has 2 aliphatic rings. The van der Waals surface area contributed by atoms with Crippen molar-refractivity contribution in [2.75, 3.05) is 47.4 Å². The molecule has 2 unspecified atom stereocenters. The van der Waals surface area contributed by atoms with Crippen LogP contribution in [0, 0.1) is 5.82 Å². The van der Waals surface area contributed by atoms with Crippen LogP contribution in [-0.4, -0.2) is 58.8 Å². The molecule has 1 aromatic carbocycles. The second-order valence-corrected chi connectivity index (χ2v) is 10.4. The van der Waals surface area contributed by atoms with Crippen LogP contribution in [0.1, 0.15) is 51.2 Å². The quantitative estimate of drug-likeness (QED) is 0.474. The fourth-order valence-electron chi connectivity index (χ4n) is 5.14. The third-order valence-electron chi connectivity index (χ3n) is 7.35. The van der Waals surface area contributed by atoms with Crippen molar-refractivity contribution in [3.05, 3.63) is 59.0 Å². The minimum atomic E-state index is -0.608. The van der Waals surface area contributed by atoms with E-state index in [4.69, 9.17) is 21.6 Å². The van der Waals surface area contributed by atoms with Crippen molar-refractivity contribution in [3.8, 4) is 11.3 Å². The van der Waals surface area contributed by atoms with E-state index in [-0.39, 0.29) is 5.82 Å². The van der Waals surface area contributed by atoms with Gasteiger partial charge in [-0.05, 0) is 69.9 Å². The molecule has 0 bridgehead atoms. The number of hydrogen-bond donors (Lipinski definition) is 1. The van der Waals surface area contributed by atoms with Crippen LogP contribution in [0.15, 0.2) is 42.6 Å². The van der Waals surface area contributed by atoms with Crippen LogP contribution >= 0.6 is 11.6 Å². The van der Waals surface area contributed by atoms with Gasteiger partial charge in [0.2, 0.25) is 5.95 Å². The first-order chi connectivity index (χ1) is 17.9. The number of aromatic nitrogens is 3. The predicted octanol–water partition coefficient (Wildman–Crippen LogP) is 5.48. The van der Waals surface area contributed by atoms with Gasteiger partial charge in [0.25, 0.3) is 0 Å². The van der Waals surface area contributed by atoms with Crippen molar-refractivity contribution in [1.82, 2.24) is 15.0 Å². The molecule has 5 rings (SSSR count). The lowest BCUT2D eigenvalue weighted by Crippen LogP contribution is -2.39. The first-order valence-electron chi connectivity index (χ1n) is 13.1. The molecule has 0 spiro atoms. The molecule has 2 saturated heterocycles. The van der Waals surface area contributed by atoms with Gasteiger partial charge >= 0.3 is 0 Å². The van der Waals surface area contributed by atoms with Gasteiger partial charge in [0.05, 0.1) is 16.8 Å². The zero-order valence-corrected chi connectivity index (χ0v) is 22.2. The molecular weight excluding hydrogens is 491 g/mol. The van der Waals surface area contributed by atoms with Gasteiger partial charge in [0.15, 0.2) is 0 Å². The van der Waals surface area contributed by atoms with E-state index in [0.29, 0.717) is 16.6 Å². The van der Waals surface area contributed by atoms with Gasteiger partial charge in [-0.3, -0.25) is 0 Å². The van der Waals surface area contributed by atoms with Gasteiger partial charge in [-0.25, -0.2) is 14.4 Å². The zero-order chi connectivity index (χ0) is 25.9. The van der Waals surface area contributed by atoms with Crippen LogP contribution < -0.4 is 14.7 Å². The summed E-state index contributed by atoms with van der Waals surface area (Å²) in [7, 11) is 0. The largest absolute Gasteiger partial charge is 0.389 e. The van der Waals surface area contributed by atoms with E-state index in [2.05, 4.69) is 26.6 Å². The van der Waals surface area contributed by atoms with Crippen molar-refractivity contribution in [2.24, 2.45) is 0 Å². The van der Waals surface area contributed by atoms with Gasteiger partial charge in [0, 0.05) is 62.2 Å². The van der Waals surface area contributed by atoms with Gasteiger partial charge < -0.3 is 19.8 Å². The van der Waals surface area contributed by atoms with E-state index in [0.717, 1.165) is 80.8 Å². The normalized spacial score (nSPS) is 19.6. The standard InChI is InChI=1S/C28H34ClFN6O/c1-19-6-3-4-13-36(19)28-32-25(21-7-9-23(30)10-8-21)17-26(33-28)34-11-5-12-35(15-14-34)27-24(29)16-22(18-31-27)20(2)37/h7-10,16-20,37H,3-6,11-15H2,1-2H3. The highest BCUT2D eigenvalue weighted by molar-refractivity contribution is 6.33. The number of nitrogens with zero attached hydrogens (tertiary/aromatic N) is 6. The lowest BCUT2D eigenvalue weighted by Gasteiger charge is -2.34. The van der Waals surface area contributed by atoms with E-state index in [1.54, 1.807) is 31.3 Å². The molecule has 0 radical (unpaired) electrons. The summed E-state index contributed by atoms with van der Waals surface area (Å²) in [5.74, 6) is 2.10. The summed E-state index contributed by atoms with van der Waals surface area (Å²) >= 11 is 6.55. The molecular formula is C28H34ClFN6O. The number of halogens is 2. The molecule has 7 nitrogen and oxygen atoms in total. The summed E-state index contributed by atoms with van der Waals surface area (Å²) in [5.41, 5.74) is 2.39. The van der Waals surface area contributed by atoms with Gasteiger partial charge in [-0.1, -0.05) is 11.6 Å². The molecule has 2 atom stereocenters. The molecule has 9 heteroatoms. The minimum Gasteiger partial charge on any atom is -0.389 e. The Morgan fingerprint density at radius 3 is 2.46 bits per heavy atom. The number of pyridine rings is 1. The smallest absolute Gasteiger partial charge is 0.228 e. The highest BCUT2D eigenvalue weighted by atomic mass is 35.5. The summed E-state index contributed by atoms with van der Waals surface area (Å²) in [5, 5.41) is 10.4. The highest BCUT2D eigenvalue weighted by Crippen LogP contribution is 2.31. The Morgan fingerprint density at radius 2 is 1.73 bits per heavy atom. The van der Waals surface area contributed by atoms with E-state index >= 15 is 0 Å². The van der Waals surface area contributed by atoms with E-state index in [1.165, 1.54) is 18.6 Å². The Hall–Kier alpha value is -2.97. The molecule has 196 valence electrons. The van der Waals surface area contributed by atoms with Crippen LogP contribution in [0.4, 0.5) is 22.0 Å². The topological polar surface area (TPSA) is 68.6 Å². The van der Waals surface area contributed by atoms with E-state index < -0.39 is 6.10 Å². The van der Waals surface area contributed by atoms with Gasteiger partial charge in [0.1, 0.15) is 17.5 Å². The maximum Gasteiger partial charge on any atom is 0.228 e. The Bertz CT molecular complexity index is 1220. The molecule has 0 amide bonds. The van der Waals surface area contributed by atoms with Crippen LogP contribution in [0.2, 0.25) is 5.02 Å². The fraction of sp³-hybridized carbons (Fsp3) is 0.464. The summed E-state index contributed by atoms with van der Waals surface area (Å²) in [6.45, 7) is 8.04. The average molecular weight is 525 g/mol. The van der Waals surface area contributed by atoms with Crippen LogP contribution in [-0.2, 0) is 0 Å². The summed E-state index contributed by atoms with van der Waals surface area (Å²) in [6.07, 6.45) is 5.48. The Balaban J connectivity index is 1.43. The Labute approximate surface area is 222 Å². The second-order valence-electron chi connectivity index (χ2n) is 10.0. The number of rotatable bonds is 5. The molecule has 2 aliphatic heterocycles. The highest BCUT2D eigenvalue weighted by Gasteiger charge is 2.25. The molecule has 1 N–H and O–H groups in total. The molecule has 0 aliphatic carbocycles. The Morgan fingerprint density at radius 1 is 0.973 bits per heavy atom. The zero-order valence-electron chi connectivity index (χ0n) is 21.4. The first-order valence-corrected chi connectivity index (χ1v) is 13.5. The molecule has 2 fully saturated rings. The van der Waals surface area contributed by atoms with Gasteiger partial charge in [-0.2, -0.15) is 4.98 Å². The molecule has 4 heterocycles. The van der Waals surface area contributed by atoms with Crippen LogP contribution in [0.3, 0.4) is 0 Å². The second kappa shape index (κ2) is 11.2. The van der Waals surface area contributed by atoms with Crippen molar-refractivity contribution in [2.45, 2.75) is 51.7 Å². The Kier molecular flexibility index (Phi) is 7.76. The third-order valence-corrected chi connectivity index (χ3v) is 7.62. The summed E-state index contributed by atoms with van der Waals surface area (Å²) < 4.78 is 13.6. The van der Waals surface area contributed by atoms with Crippen molar-refractivity contribution in [3.63, 3.8) is 0 Å². The number of aliphatic hydroxyl groups is 1. The summed E-state index contributed by atoms with van der Waals surface area (Å²) in [4.78, 5) is 21.3. The van der Waals surface area contributed by atoms with E-state index in [1.807, 2.05) is 6.07 Å². The predicted molar refractivity (Wildman–Crippen MR) is 147 cm³/mol. The van der Waals surface area contributed by atoms with Gasteiger partial charge in [-0.15, -0.1) is 0 Å². The van der Waals surface area contributed by atoms with Crippen LogP contribution in [0.25, 0.3) is 11.3 Å². The SMILES string of the molecule is CC(O)c1cnc(N2CCCN(c3cc(-c4ccc(F)cc4)nc(N4CCCCC4C)n3)CC2)c(Cl)c1. The number of anilines is 3. The van der Waals surface area contributed by atoms with Crippen LogP contribution in [0.5, 0.6) is 0 Å². The number of piperidine rings is 1. The van der Waals surface area contributed by atoms with E-state index in [9.17, 15) is 9.50 Å². The van der Waals surface area contributed by atoms with Crippen molar-refractivity contribution >= 4 is 29.2 Å². The number of hydrogen-bond acceptors (Lipinski definition) is 7. The molecule has 3 aromatic rings. The molecule has 2 aromatic heterocycles. The monoisotopic (exact) mass is 524 g/mol. The lowest BCUT2D eigenvalue weighted by molar-refractivity contribution is 0.199. The minimum absolute atomic E-state index is 0.260. The maximum absolute atomic E-state index is 13.6. The summed E-state index contributed by atoms with van der Waals surface area (Å²) in [6, 6.07) is 10.7. The molecule has 37 heavy (non-hydrogen) atoms. The lowest BCUT2D eigenvalue weighted by atomic mass is 10.0. The number of aliphatic hydroxyl groups excluding tert-OH is 1. The van der Waals surface area contributed by atoms with Crippen molar-refractivity contribution in [1.29, 1.82) is 0 Å². The average Bonchev–Trinajstić information content (AvgIpc) is 3.15. The molecule has 0 saturated carbocycles. The fourth-order valence-corrected chi connectivity index (χ4v) is 5.44.